The van der Waals surface area contributed by atoms with E-state index in [1.54, 1.807) is 18.2 Å². The van der Waals surface area contributed by atoms with Gasteiger partial charge in [-0.05, 0) is 25.5 Å². The van der Waals surface area contributed by atoms with Crippen LogP contribution in [-0.2, 0) is 9.53 Å². The van der Waals surface area contributed by atoms with E-state index in [4.69, 9.17) is 19.5 Å². The molecule has 1 aromatic carbocycles. The number of hydrogen-bond donors (Lipinski definition) is 0. The van der Waals surface area contributed by atoms with E-state index in [0.717, 1.165) is 6.42 Å². The molecule has 1 fully saturated rings. The van der Waals surface area contributed by atoms with Crippen LogP contribution in [0.25, 0.3) is 0 Å². The number of ketones is 1. The molecule has 5 nitrogen and oxygen atoms in total. The van der Waals surface area contributed by atoms with Gasteiger partial charge in [0.2, 0.25) is 0 Å². The molecule has 106 valence electrons. The van der Waals surface area contributed by atoms with E-state index < -0.39 is 0 Å². The van der Waals surface area contributed by atoms with Crippen LogP contribution in [0, 0.1) is 17.2 Å². The maximum Gasteiger partial charge on any atom is 0.175 e. The summed E-state index contributed by atoms with van der Waals surface area (Å²) < 4.78 is 16.1. The molecule has 1 heterocycles. The number of nitrogens with zero attached hydrogens (tertiary/aromatic N) is 1. The molecular formula is C15H17NO4. The van der Waals surface area contributed by atoms with Crippen LogP contribution in [0.15, 0.2) is 18.2 Å². The number of rotatable bonds is 6. The smallest absolute Gasteiger partial charge is 0.175 e. The Labute approximate surface area is 118 Å². The maximum atomic E-state index is 11.9. The summed E-state index contributed by atoms with van der Waals surface area (Å²) in [6.45, 7) is 3.44. The number of hydrogen-bond acceptors (Lipinski definition) is 5. The predicted octanol–water partition coefficient (Wildman–Crippen LogP) is 1.94. The monoisotopic (exact) mass is 275 g/mol. The molecule has 0 saturated carbocycles. The third kappa shape index (κ3) is 3.49. The Bertz CT molecular complexity index is 515. The van der Waals surface area contributed by atoms with Crippen LogP contribution >= 0.6 is 0 Å². The average Bonchev–Trinajstić information content (AvgIpc) is 3.00. The van der Waals surface area contributed by atoms with Crippen LogP contribution < -0.4 is 9.47 Å². The van der Waals surface area contributed by atoms with Gasteiger partial charge in [-0.25, -0.2) is 0 Å². The van der Waals surface area contributed by atoms with Crippen LogP contribution in [-0.4, -0.2) is 32.2 Å². The summed E-state index contributed by atoms with van der Waals surface area (Å²) >= 11 is 0. The molecule has 0 spiro atoms. The molecule has 1 aromatic rings. The molecule has 1 saturated heterocycles. The molecule has 0 aliphatic carbocycles. The zero-order valence-corrected chi connectivity index (χ0v) is 11.4. The first-order valence-electron chi connectivity index (χ1n) is 6.64. The second-order valence-electron chi connectivity index (χ2n) is 4.52. The van der Waals surface area contributed by atoms with Crippen molar-refractivity contribution in [3.05, 3.63) is 23.8 Å². The Hall–Kier alpha value is -2.06. The normalized spacial score (nSPS) is 17.5. The van der Waals surface area contributed by atoms with Crippen molar-refractivity contribution in [3.8, 4) is 17.6 Å². The number of Topliss-reactive ketones (excluding diaryl/α,β-unsaturated/α-hetero) is 1. The Morgan fingerprint density at radius 2 is 2.30 bits per heavy atom. The summed E-state index contributed by atoms with van der Waals surface area (Å²) in [6.07, 6.45) is 0.758. The molecule has 2 rings (SSSR count). The number of carbonyl (C=O) groups excluding carboxylic acids is 1. The van der Waals surface area contributed by atoms with Gasteiger partial charge in [-0.3, -0.25) is 4.79 Å². The highest BCUT2D eigenvalue weighted by molar-refractivity contribution is 5.82. The van der Waals surface area contributed by atoms with Crippen LogP contribution in [0.5, 0.6) is 11.5 Å². The van der Waals surface area contributed by atoms with E-state index in [1.165, 1.54) is 0 Å². The van der Waals surface area contributed by atoms with E-state index in [2.05, 4.69) is 0 Å². The van der Waals surface area contributed by atoms with Gasteiger partial charge in [0.05, 0.1) is 24.8 Å². The van der Waals surface area contributed by atoms with Crippen molar-refractivity contribution in [1.29, 1.82) is 5.26 Å². The largest absolute Gasteiger partial charge is 0.490 e. The van der Waals surface area contributed by atoms with Crippen molar-refractivity contribution in [3.63, 3.8) is 0 Å². The Balaban J connectivity index is 2.01. The van der Waals surface area contributed by atoms with Gasteiger partial charge in [0.15, 0.2) is 17.3 Å². The third-order valence-electron chi connectivity index (χ3n) is 3.13. The number of benzene rings is 1. The number of ether oxygens (including phenoxy) is 3. The molecule has 1 unspecified atom stereocenters. The summed E-state index contributed by atoms with van der Waals surface area (Å²) in [5, 5.41) is 8.87. The SMILES string of the molecule is CCOc1cc(C#N)ccc1OCC(=O)C1CCOC1. The Kier molecular flexibility index (Phi) is 4.97. The predicted molar refractivity (Wildman–Crippen MR) is 71.8 cm³/mol. The zero-order valence-electron chi connectivity index (χ0n) is 11.4. The first-order valence-corrected chi connectivity index (χ1v) is 6.64. The summed E-state index contributed by atoms with van der Waals surface area (Å²) in [6, 6.07) is 6.95. The molecule has 20 heavy (non-hydrogen) atoms. The van der Waals surface area contributed by atoms with Crippen molar-refractivity contribution < 1.29 is 19.0 Å². The second kappa shape index (κ2) is 6.92. The van der Waals surface area contributed by atoms with E-state index in [9.17, 15) is 4.79 Å². The van der Waals surface area contributed by atoms with Gasteiger partial charge < -0.3 is 14.2 Å². The summed E-state index contributed by atoms with van der Waals surface area (Å²) in [5.41, 5.74) is 0.497. The molecule has 0 aromatic heterocycles. The minimum absolute atomic E-state index is 0.00000118. The highest BCUT2D eigenvalue weighted by atomic mass is 16.5. The zero-order chi connectivity index (χ0) is 14.4. The van der Waals surface area contributed by atoms with E-state index in [0.29, 0.717) is 36.9 Å². The topological polar surface area (TPSA) is 68.5 Å². The summed E-state index contributed by atoms with van der Waals surface area (Å²) in [7, 11) is 0. The van der Waals surface area contributed by atoms with Crippen LogP contribution in [0.3, 0.4) is 0 Å². The van der Waals surface area contributed by atoms with E-state index in [-0.39, 0.29) is 18.3 Å². The fourth-order valence-corrected chi connectivity index (χ4v) is 2.02. The molecule has 1 aliphatic rings. The van der Waals surface area contributed by atoms with Crippen LogP contribution in [0.4, 0.5) is 0 Å². The lowest BCUT2D eigenvalue weighted by Crippen LogP contribution is -2.21. The van der Waals surface area contributed by atoms with Gasteiger partial charge in [0.25, 0.3) is 0 Å². The highest BCUT2D eigenvalue weighted by Crippen LogP contribution is 2.28. The summed E-state index contributed by atoms with van der Waals surface area (Å²) in [5.74, 6) is 0.943. The van der Waals surface area contributed by atoms with Gasteiger partial charge in [-0.1, -0.05) is 0 Å². The summed E-state index contributed by atoms with van der Waals surface area (Å²) in [4.78, 5) is 11.9. The van der Waals surface area contributed by atoms with Crippen molar-refractivity contribution in [2.45, 2.75) is 13.3 Å². The minimum Gasteiger partial charge on any atom is -0.490 e. The molecule has 0 amide bonds. The molecule has 0 bridgehead atoms. The van der Waals surface area contributed by atoms with Crippen LogP contribution in [0.1, 0.15) is 18.9 Å². The minimum atomic E-state index is -0.0658. The van der Waals surface area contributed by atoms with Gasteiger partial charge in [0.1, 0.15) is 6.61 Å². The second-order valence-corrected chi connectivity index (χ2v) is 4.52. The van der Waals surface area contributed by atoms with Crippen molar-refractivity contribution in [2.75, 3.05) is 26.4 Å². The molecule has 1 atom stereocenters. The standard InChI is InChI=1S/C15H17NO4/c1-2-19-15-7-11(8-16)3-4-14(15)20-10-13(17)12-5-6-18-9-12/h3-4,7,12H,2,5-6,9-10H2,1H3. The van der Waals surface area contributed by atoms with E-state index in [1.807, 2.05) is 13.0 Å². The van der Waals surface area contributed by atoms with Gasteiger partial charge in [-0.15, -0.1) is 0 Å². The fraction of sp³-hybridized carbons (Fsp3) is 0.467. The van der Waals surface area contributed by atoms with Crippen LogP contribution in [0.2, 0.25) is 0 Å². The first kappa shape index (κ1) is 14.4. The lowest BCUT2D eigenvalue weighted by molar-refractivity contribution is -0.124. The van der Waals surface area contributed by atoms with Crippen molar-refractivity contribution in [1.82, 2.24) is 0 Å². The van der Waals surface area contributed by atoms with Gasteiger partial charge in [0, 0.05) is 18.6 Å². The first-order chi connectivity index (χ1) is 9.74. The third-order valence-corrected chi connectivity index (χ3v) is 3.13. The highest BCUT2D eigenvalue weighted by Gasteiger charge is 2.24. The average molecular weight is 275 g/mol. The maximum absolute atomic E-state index is 11.9. The Morgan fingerprint density at radius 1 is 1.45 bits per heavy atom. The number of nitriles is 1. The van der Waals surface area contributed by atoms with Gasteiger partial charge >= 0.3 is 0 Å². The lowest BCUT2D eigenvalue weighted by Gasteiger charge is -2.13. The molecule has 1 aliphatic heterocycles. The molecular weight excluding hydrogens is 258 g/mol. The van der Waals surface area contributed by atoms with Gasteiger partial charge in [-0.2, -0.15) is 5.26 Å². The van der Waals surface area contributed by atoms with Crippen molar-refractivity contribution >= 4 is 5.78 Å². The fourth-order valence-electron chi connectivity index (χ4n) is 2.02. The quantitative estimate of drug-likeness (QED) is 0.793. The molecule has 0 N–H and O–H groups in total. The molecule has 5 heteroatoms. The Morgan fingerprint density at radius 3 is 2.95 bits per heavy atom. The molecule has 0 radical (unpaired) electrons. The van der Waals surface area contributed by atoms with E-state index >= 15 is 0 Å². The van der Waals surface area contributed by atoms with Crippen molar-refractivity contribution in [2.24, 2.45) is 5.92 Å². The number of carbonyl (C=O) groups is 1. The lowest BCUT2D eigenvalue weighted by atomic mass is 10.0.